The van der Waals surface area contributed by atoms with Crippen molar-refractivity contribution < 1.29 is 0 Å². The fraction of sp³-hybridized carbons (Fsp3) is 0.214. The molecule has 82 valence electrons. The smallest absolute Gasteiger partial charge is 0.247 e. The van der Waals surface area contributed by atoms with E-state index < -0.39 is 0 Å². The number of nitrogens with one attached hydrogen (secondary N) is 1. The Morgan fingerprint density at radius 3 is 2.06 bits per heavy atom. The molecule has 0 unspecified atom stereocenters. The normalized spacial score (nSPS) is 10.7. The van der Waals surface area contributed by atoms with E-state index in [4.69, 9.17) is 0 Å². The van der Waals surface area contributed by atoms with E-state index in [2.05, 4.69) is 43.1 Å². The minimum absolute atomic E-state index is 0.0671. The molecule has 2 rings (SSSR count). The molecule has 0 bridgehead atoms. The Kier molecular flexibility index (Phi) is 2.91. The molecule has 2 nitrogen and oxygen atoms in total. The largest absolute Gasteiger partial charge is 0.328 e. The summed E-state index contributed by atoms with van der Waals surface area (Å²) in [5, 5.41) is 0. The summed E-state index contributed by atoms with van der Waals surface area (Å²) in [6.45, 7) is 4.35. The molecule has 0 saturated heterocycles. The molecule has 0 atom stereocenters. The molecule has 1 N–H and O–H groups in total. The van der Waals surface area contributed by atoms with Crippen molar-refractivity contribution in [1.82, 2.24) is 4.98 Å². The Morgan fingerprint density at radius 2 is 1.56 bits per heavy atom. The van der Waals surface area contributed by atoms with Crippen LogP contribution in [0.3, 0.4) is 0 Å². The zero-order chi connectivity index (χ0) is 11.5. The van der Waals surface area contributed by atoms with Crippen LogP contribution in [0.4, 0.5) is 0 Å². The predicted octanol–water partition coefficient (Wildman–Crippen LogP) is 3.17. The van der Waals surface area contributed by atoms with Crippen LogP contribution in [-0.2, 0) is 0 Å². The zero-order valence-electron chi connectivity index (χ0n) is 9.53. The highest BCUT2D eigenvalue weighted by atomic mass is 16.1. The summed E-state index contributed by atoms with van der Waals surface area (Å²) < 4.78 is 0. The zero-order valence-corrected chi connectivity index (χ0v) is 9.53. The van der Waals surface area contributed by atoms with Crippen LogP contribution in [0.5, 0.6) is 0 Å². The number of benzene rings is 1. The predicted molar refractivity (Wildman–Crippen MR) is 66.6 cm³/mol. The summed E-state index contributed by atoms with van der Waals surface area (Å²) in [6.07, 6.45) is 1.74. The van der Waals surface area contributed by atoms with Gasteiger partial charge in [-0.1, -0.05) is 38.1 Å². The van der Waals surface area contributed by atoms with Gasteiger partial charge in [-0.25, -0.2) is 0 Å². The number of pyridine rings is 1. The van der Waals surface area contributed by atoms with Gasteiger partial charge in [0.05, 0.1) is 0 Å². The van der Waals surface area contributed by atoms with Gasteiger partial charge >= 0.3 is 0 Å². The lowest BCUT2D eigenvalue weighted by atomic mass is 10.00. The van der Waals surface area contributed by atoms with Crippen molar-refractivity contribution >= 4 is 0 Å². The summed E-state index contributed by atoms with van der Waals surface area (Å²) in [4.78, 5) is 13.6. The van der Waals surface area contributed by atoms with Crippen molar-refractivity contribution in [2.24, 2.45) is 0 Å². The van der Waals surface area contributed by atoms with E-state index in [1.165, 1.54) is 5.56 Å². The lowest BCUT2D eigenvalue weighted by molar-refractivity contribution is 0.867. The van der Waals surface area contributed by atoms with Gasteiger partial charge in [0, 0.05) is 12.3 Å². The first-order valence-electron chi connectivity index (χ1n) is 5.46. The maximum absolute atomic E-state index is 10.9. The first-order chi connectivity index (χ1) is 7.66. The third kappa shape index (κ3) is 2.22. The van der Waals surface area contributed by atoms with Gasteiger partial charge in [-0.15, -0.1) is 0 Å². The van der Waals surface area contributed by atoms with Crippen LogP contribution in [0.15, 0.2) is 47.4 Å². The third-order valence-electron chi connectivity index (χ3n) is 2.69. The third-order valence-corrected chi connectivity index (χ3v) is 2.69. The summed E-state index contributed by atoms with van der Waals surface area (Å²) in [7, 11) is 0. The molecule has 2 heteroatoms. The lowest BCUT2D eigenvalue weighted by Crippen LogP contribution is -2.01. The van der Waals surface area contributed by atoms with Gasteiger partial charge in [0.2, 0.25) is 5.56 Å². The summed E-state index contributed by atoms with van der Waals surface area (Å²) in [6, 6.07) is 11.8. The van der Waals surface area contributed by atoms with Crippen LogP contribution in [0.2, 0.25) is 0 Å². The molecule has 0 spiro atoms. The van der Waals surface area contributed by atoms with Gasteiger partial charge in [0.1, 0.15) is 0 Å². The summed E-state index contributed by atoms with van der Waals surface area (Å²) in [5.74, 6) is 0.546. The molecule has 1 aromatic carbocycles. The van der Waals surface area contributed by atoms with Gasteiger partial charge < -0.3 is 4.98 Å². The van der Waals surface area contributed by atoms with E-state index in [-0.39, 0.29) is 5.56 Å². The number of aromatic amines is 1. The van der Waals surface area contributed by atoms with E-state index in [9.17, 15) is 4.79 Å². The van der Waals surface area contributed by atoms with E-state index >= 15 is 0 Å². The molecular weight excluding hydrogens is 198 g/mol. The summed E-state index contributed by atoms with van der Waals surface area (Å²) in [5.41, 5.74) is 3.42. The molecule has 0 aliphatic carbocycles. The van der Waals surface area contributed by atoms with Gasteiger partial charge in [-0.05, 0) is 28.7 Å². The quantitative estimate of drug-likeness (QED) is 0.816. The van der Waals surface area contributed by atoms with Crippen molar-refractivity contribution in [1.29, 1.82) is 0 Å². The van der Waals surface area contributed by atoms with Crippen LogP contribution in [0.1, 0.15) is 25.3 Å². The molecule has 0 amide bonds. The maximum Gasteiger partial charge on any atom is 0.247 e. The van der Waals surface area contributed by atoms with Crippen molar-refractivity contribution in [2.75, 3.05) is 0 Å². The van der Waals surface area contributed by atoms with Crippen LogP contribution in [0, 0.1) is 0 Å². The van der Waals surface area contributed by atoms with E-state index in [0.717, 1.165) is 11.1 Å². The number of aromatic nitrogens is 1. The van der Waals surface area contributed by atoms with E-state index in [1.54, 1.807) is 12.3 Å². The van der Waals surface area contributed by atoms with Gasteiger partial charge in [-0.3, -0.25) is 4.79 Å². The first kappa shape index (κ1) is 10.7. The average Bonchev–Trinajstić information content (AvgIpc) is 2.30. The van der Waals surface area contributed by atoms with Crippen molar-refractivity contribution in [2.45, 2.75) is 19.8 Å². The highest BCUT2D eigenvalue weighted by Gasteiger charge is 2.00. The Morgan fingerprint density at radius 1 is 0.938 bits per heavy atom. The monoisotopic (exact) mass is 213 g/mol. The lowest BCUT2D eigenvalue weighted by Gasteiger charge is -2.06. The average molecular weight is 213 g/mol. The second-order valence-corrected chi connectivity index (χ2v) is 4.22. The second kappa shape index (κ2) is 4.35. The Hall–Kier alpha value is -1.83. The molecule has 1 heterocycles. The molecule has 0 saturated carbocycles. The van der Waals surface area contributed by atoms with Crippen molar-refractivity contribution in [3.63, 3.8) is 0 Å². The Balaban J connectivity index is 2.34. The topological polar surface area (TPSA) is 32.9 Å². The molecular formula is C14H15NO. The SMILES string of the molecule is CC(C)c1ccc(-c2ccc(=O)[nH]c2)cc1. The molecule has 0 radical (unpaired) electrons. The van der Waals surface area contributed by atoms with Crippen molar-refractivity contribution in [3.8, 4) is 11.1 Å². The Labute approximate surface area is 95.0 Å². The minimum atomic E-state index is -0.0671. The first-order valence-corrected chi connectivity index (χ1v) is 5.46. The van der Waals surface area contributed by atoms with Gasteiger partial charge in [0.25, 0.3) is 0 Å². The maximum atomic E-state index is 10.9. The molecule has 2 aromatic rings. The summed E-state index contributed by atoms with van der Waals surface area (Å²) >= 11 is 0. The van der Waals surface area contributed by atoms with Crippen LogP contribution < -0.4 is 5.56 Å². The fourth-order valence-corrected chi connectivity index (χ4v) is 1.65. The number of rotatable bonds is 2. The highest BCUT2D eigenvalue weighted by Crippen LogP contribution is 2.21. The second-order valence-electron chi connectivity index (χ2n) is 4.22. The molecule has 1 aromatic heterocycles. The van der Waals surface area contributed by atoms with Gasteiger partial charge in [0.15, 0.2) is 0 Å². The number of hydrogen-bond acceptors (Lipinski definition) is 1. The van der Waals surface area contributed by atoms with Crippen molar-refractivity contribution in [3.05, 3.63) is 58.5 Å². The van der Waals surface area contributed by atoms with Crippen LogP contribution >= 0.6 is 0 Å². The molecule has 16 heavy (non-hydrogen) atoms. The van der Waals surface area contributed by atoms with Gasteiger partial charge in [-0.2, -0.15) is 0 Å². The Bertz CT molecular complexity index is 503. The highest BCUT2D eigenvalue weighted by molar-refractivity contribution is 5.62. The molecule has 0 aliphatic rings. The van der Waals surface area contributed by atoms with Crippen LogP contribution in [0.25, 0.3) is 11.1 Å². The van der Waals surface area contributed by atoms with E-state index in [0.29, 0.717) is 5.92 Å². The van der Waals surface area contributed by atoms with Crippen LogP contribution in [-0.4, -0.2) is 4.98 Å². The number of hydrogen-bond donors (Lipinski definition) is 1. The molecule has 0 fully saturated rings. The number of H-pyrrole nitrogens is 1. The molecule has 0 aliphatic heterocycles. The van der Waals surface area contributed by atoms with E-state index in [1.807, 2.05) is 6.07 Å². The minimum Gasteiger partial charge on any atom is -0.328 e. The standard InChI is InChI=1S/C14H15NO/c1-10(2)11-3-5-12(6-4-11)13-7-8-14(16)15-9-13/h3-10H,1-2H3,(H,15,16). The fourth-order valence-electron chi connectivity index (χ4n) is 1.65.